The number of rotatable bonds is 3. The highest BCUT2D eigenvalue weighted by molar-refractivity contribution is 5.84. The van der Waals surface area contributed by atoms with Crippen LogP contribution in [0.4, 0.5) is 11.4 Å². The van der Waals surface area contributed by atoms with Crippen LogP contribution in [0.2, 0.25) is 0 Å². The largest absolute Gasteiger partial charge is 0.369 e. The fourth-order valence-corrected chi connectivity index (χ4v) is 3.56. The Morgan fingerprint density at radius 2 is 1.92 bits per heavy atom. The van der Waals surface area contributed by atoms with Crippen LogP contribution in [-0.2, 0) is 0 Å². The number of anilines is 2. The quantitative estimate of drug-likeness (QED) is 0.624. The molecule has 0 radical (unpaired) electrons. The van der Waals surface area contributed by atoms with Crippen LogP contribution >= 0.6 is 0 Å². The maximum absolute atomic E-state index is 4.41. The van der Waals surface area contributed by atoms with E-state index in [1.54, 1.807) is 0 Å². The van der Waals surface area contributed by atoms with Crippen LogP contribution in [0.3, 0.4) is 0 Å². The summed E-state index contributed by atoms with van der Waals surface area (Å²) in [5, 5.41) is 4.41. The molecule has 0 saturated carbocycles. The first-order valence-electron chi connectivity index (χ1n) is 8.61. The summed E-state index contributed by atoms with van der Waals surface area (Å²) < 4.78 is 0. The molecule has 0 bridgehead atoms. The van der Waals surface area contributed by atoms with Gasteiger partial charge in [-0.15, -0.1) is 0 Å². The van der Waals surface area contributed by atoms with Crippen molar-refractivity contribution >= 4 is 17.6 Å². The molecule has 0 aromatic heterocycles. The average Bonchev–Trinajstić information content (AvgIpc) is 2.54. The fourth-order valence-electron chi connectivity index (χ4n) is 3.56. The summed E-state index contributed by atoms with van der Waals surface area (Å²) in [6, 6.07) is 14.6. The van der Waals surface area contributed by atoms with Gasteiger partial charge in [-0.05, 0) is 74.1 Å². The highest BCUT2D eigenvalue weighted by Crippen LogP contribution is 2.43. The third kappa shape index (κ3) is 3.16. The number of hydrazone groups is 1. The van der Waals surface area contributed by atoms with Crippen LogP contribution in [0.1, 0.15) is 49.8 Å². The number of benzene rings is 2. The van der Waals surface area contributed by atoms with Crippen LogP contribution in [0.25, 0.3) is 0 Å². The Kier molecular flexibility index (Phi) is 4.35. The van der Waals surface area contributed by atoms with Gasteiger partial charge < -0.3 is 4.90 Å². The van der Waals surface area contributed by atoms with Gasteiger partial charge in [0.05, 0.1) is 11.9 Å². The van der Waals surface area contributed by atoms with Gasteiger partial charge >= 0.3 is 0 Å². The van der Waals surface area contributed by atoms with Gasteiger partial charge in [0.2, 0.25) is 0 Å². The highest BCUT2D eigenvalue weighted by Gasteiger charge is 2.34. The monoisotopic (exact) mass is 321 g/mol. The third-order valence-corrected chi connectivity index (χ3v) is 5.19. The van der Waals surface area contributed by atoms with E-state index in [1.165, 1.54) is 28.8 Å². The fraction of sp³-hybridized carbons (Fsp3) is 0.381. The number of hydrogen-bond acceptors (Lipinski definition) is 3. The van der Waals surface area contributed by atoms with Crippen molar-refractivity contribution < 1.29 is 0 Å². The molecule has 0 saturated heterocycles. The third-order valence-electron chi connectivity index (χ3n) is 5.19. The first-order valence-corrected chi connectivity index (χ1v) is 8.61. The second-order valence-corrected chi connectivity index (χ2v) is 7.48. The van der Waals surface area contributed by atoms with Crippen molar-refractivity contribution in [3.63, 3.8) is 0 Å². The van der Waals surface area contributed by atoms with E-state index in [0.29, 0.717) is 5.92 Å². The number of hydrogen-bond donors (Lipinski definition) is 1. The lowest BCUT2D eigenvalue weighted by Crippen LogP contribution is -2.45. The van der Waals surface area contributed by atoms with Gasteiger partial charge in [-0.2, -0.15) is 5.10 Å². The van der Waals surface area contributed by atoms with Crippen molar-refractivity contribution in [2.75, 3.05) is 17.4 Å². The molecule has 0 amide bonds. The van der Waals surface area contributed by atoms with Crippen molar-refractivity contribution in [3.05, 3.63) is 59.2 Å². The first-order chi connectivity index (χ1) is 11.4. The molecular formula is C21H27N3. The second kappa shape index (κ2) is 6.31. The molecule has 0 spiro atoms. The Hall–Kier alpha value is -2.29. The summed E-state index contributed by atoms with van der Waals surface area (Å²) >= 11 is 0. The van der Waals surface area contributed by atoms with E-state index in [0.717, 1.165) is 5.69 Å². The highest BCUT2D eigenvalue weighted by atomic mass is 15.3. The zero-order valence-electron chi connectivity index (χ0n) is 15.3. The van der Waals surface area contributed by atoms with Crippen LogP contribution in [0.5, 0.6) is 0 Å². The lowest BCUT2D eigenvalue weighted by Gasteiger charge is -2.45. The molecule has 3 rings (SSSR count). The molecule has 1 N–H and O–H groups in total. The van der Waals surface area contributed by atoms with Crippen LogP contribution < -0.4 is 10.3 Å². The van der Waals surface area contributed by atoms with Crippen molar-refractivity contribution in [2.45, 2.75) is 45.6 Å². The Morgan fingerprint density at radius 1 is 1.21 bits per heavy atom. The van der Waals surface area contributed by atoms with E-state index in [-0.39, 0.29) is 5.54 Å². The van der Waals surface area contributed by atoms with E-state index < -0.39 is 0 Å². The molecular weight excluding hydrogens is 294 g/mol. The Balaban J connectivity index is 1.88. The molecule has 2 aromatic carbocycles. The van der Waals surface area contributed by atoms with E-state index in [2.05, 4.69) is 62.3 Å². The van der Waals surface area contributed by atoms with Crippen molar-refractivity contribution in [3.8, 4) is 0 Å². The van der Waals surface area contributed by atoms with Crippen LogP contribution in [-0.4, -0.2) is 18.8 Å². The van der Waals surface area contributed by atoms with Gasteiger partial charge in [-0.25, -0.2) is 0 Å². The van der Waals surface area contributed by atoms with Gasteiger partial charge in [-0.3, -0.25) is 5.43 Å². The molecule has 1 heterocycles. The van der Waals surface area contributed by atoms with E-state index >= 15 is 0 Å². The van der Waals surface area contributed by atoms with Gasteiger partial charge in [0.25, 0.3) is 0 Å². The van der Waals surface area contributed by atoms with Gasteiger partial charge in [0.1, 0.15) is 0 Å². The molecule has 2 aromatic rings. The maximum atomic E-state index is 4.41. The molecule has 3 nitrogen and oxygen atoms in total. The molecule has 1 atom stereocenters. The molecule has 0 unspecified atom stereocenters. The molecule has 126 valence electrons. The van der Waals surface area contributed by atoms with E-state index in [4.69, 9.17) is 0 Å². The minimum atomic E-state index is 0.198. The number of nitrogens with zero attached hydrogens (tertiary/aromatic N) is 2. The zero-order chi connectivity index (χ0) is 17.3. The lowest BCUT2D eigenvalue weighted by molar-refractivity contribution is 0.395. The summed E-state index contributed by atoms with van der Waals surface area (Å²) in [5.41, 5.74) is 9.49. The average molecular weight is 321 g/mol. The summed E-state index contributed by atoms with van der Waals surface area (Å²) in [6.45, 7) is 9.12. The van der Waals surface area contributed by atoms with Gasteiger partial charge in [0, 0.05) is 18.3 Å². The van der Waals surface area contributed by atoms with E-state index in [9.17, 15) is 0 Å². The first kappa shape index (κ1) is 16.6. The number of aryl methyl sites for hydroxylation is 1. The standard InChI is InChI=1S/C21H27N3/c1-15-11-20-19(16(2)13-21(3,4)24(20)5)12-17(15)14-22-23-18-9-7-6-8-10-18/h6-12,14,16,23H,13H2,1-5H3/b22-14-/t16-/m1/s1. The molecule has 3 heteroatoms. The zero-order valence-corrected chi connectivity index (χ0v) is 15.3. The van der Waals surface area contributed by atoms with Crippen molar-refractivity contribution in [2.24, 2.45) is 5.10 Å². The Bertz CT molecular complexity index is 747. The molecule has 0 aliphatic carbocycles. The number of para-hydroxylation sites is 1. The minimum Gasteiger partial charge on any atom is -0.369 e. The van der Waals surface area contributed by atoms with Gasteiger partial charge in [-0.1, -0.05) is 25.1 Å². The summed E-state index contributed by atoms with van der Waals surface area (Å²) in [7, 11) is 2.20. The SMILES string of the molecule is Cc1cc2c(cc1/C=N\Nc1ccccc1)[C@H](C)CC(C)(C)N2C. The summed E-state index contributed by atoms with van der Waals surface area (Å²) in [5.74, 6) is 0.557. The van der Waals surface area contributed by atoms with Crippen LogP contribution in [0.15, 0.2) is 47.6 Å². The van der Waals surface area contributed by atoms with Crippen molar-refractivity contribution in [1.82, 2.24) is 0 Å². The Morgan fingerprint density at radius 3 is 2.62 bits per heavy atom. The topological polar surface area (TPSA) is 27.6 Å². The number of fused-ring (bicyclic) bond motifs is 1. The Labute approximate surface area is 145 Å². The molecule has 0 fully saturated rings. The van der Waals surface area contributed by atoms with Gasteiger partial charge in [0.15, 0.2) is 0 Å². The summed E-state index contributed by atoms with van der Waals surface area (Å²) in [4.78, 5) is 2.42. The molecule has 1 aliphatic rings. The second-order valence-electron chi connectivity index (χ2n) is 7.48. The van der Waals surface area contributed by atoms with E-state index in [1.807, 2.05) is 36.5 Å². The molecule has 24 heavy (non-hydrogen) atoms. The maximum Gasteiger partial charge on any atom is 0.0561 e. The number of nitrogens with one attached hydrogen (secondary N) is 1. The summed E-state index contributed by atoms with van der Waals surface area (Å²) in [6.07, 6.45) is 3.09. The predicted octanol–water partition coefficient (Wildman–Crippen LogP) is 5.16. The van der Waals surface area contributed by atoms with Crippen molar-refractivity contribution in [1.29, 1.82) is 0 Å². The molecule has 1 aliphatic heterocycles. The van der Waals surface area contributed by atoms with Crippen LogP contribution in [0, 0.1) is 6.92 Å². The smallest absolute Gasteiger partial charge is 0.0561 e. The lowest BCUT2D eigenvalue weighted by atomic mass is 9.79. The predicted molar refractivity (Wildman–Crippen MR) is 104 cm³/mol. The minimum absolute atomic E-state index is 0.198. The normalized spacial score (nSPS) is 19.4.